The Hall–Kier alpha value is -1.30. The molecule has 1 aromatic heterocycles. The number of hydrogen-bond donors (Lipinski definition) is 1. The molecule has 0 aromatic carbocycles. The molecule has 2 heterocycles. The number of aromatic nitrogens is 4. The Morgan fingerprint density at radius 1 is 1.47 bits per heavy atom. The van der Waals surface area contributed by atoms with E-state index in [1.807, 2.05) is 0 Å². The molecule has 0 atom stereocenters. The number of nitrogens with zero attached hydrogens (tertiary/aromatic N) is 4. The lowest BCUT2D eigenvalue weighted by molar-refractivity contribution is -0.130. The van der Waals surface area contributed by atoms with Gasteiger partial charge in [-0.2, -0.15) is 4.80 Å². The highest BCUT2D eigenvalue weighted by Crippen LogP contribution is 2.34. The molecule has 6 heteroatoms. The lowest BCUT2D eigenvalue weighted by atomic mass is 9.72. The second-order valence-electron chi connectivity index (χ2n) is 4.68. The zero-order valence-corrected chi connectivity index (χ0v) is 10.4. The molecule has 94 valence electrons. The number of rotatable bonds is 4. The number of nitrogens with one attached hydrogen (secondary N) is 1. The summed E-state index contributed by atoms with van der Waals surface area (Å²) in [5, 5.41) is 15.0. The van der Waals surface area contributed by atoms with Crippen molar-refractivity contribution in [2.75, 3.05) is 13.1 Å². The standard InChI is InChI=1S/C11H19N5O/c1-3-11(4-6-12-7-5-11)9(17)8-10-13-15-16(2)14-10/h12H,3-8H2,1-2H3. The fraction of sp³-hybridized carbons (Fsp3) is 0.818. The Labute approximate surface area is 101 Å². The van der Waals surface area contributed by atoms with Crippen LogP contribution in [-0.2, 0) is 18.3 Å². The molecule has 2 rings (SSSR count). The van der Waals surface area contributed by atoms with Gasteiger partial charge in [-0.25, -0.2) is 0 Å². The molecule has 17 heavy (non-hydrogen) atoms. The first-order valence-corrected chi connectivity index (χ1v) is 6.13. The van der Waals surface area contributed by atoms with E-state index >= 15 is 0 Å². The summed E-state index contributed by atoms with van der Waals surface area (Å²) >= 11 is 0. The number of carbonyl (C=O) groups is 1. The molecule has 6 nitrogen and oxygen atoms in total. The molecule has 1 fully saturated rings. The van der Waals surface area contributed by atoms with Crippen molar-refractivity contribution >= 4 is 5.78 Å². The topological polar surface area (TPSA) is 72.7 Å². The van der Waals surface area contributed by atoms with Crippen LogP contribution in [0.2, 0.25) is 0 Å². The molecule has 1 N–H and O–H groups in total. The van der Waals surface area contributed by atoms with Crippen LogP contribution in [0.4, 0.5) is 0 Å². The summed E-state index contributed by atoms with van der Waals surface area (Å²) in [6, 6.07) is 0. The number of ketones is 1. The normalized spacial score (nSPS) is 19.2. The summed E-state index contributed by atoms with van der Waals surface area (Å²) in [4.78, 5) is 13.8. The number of carbonyl (C=O) groups excluding carboxylic acids is 1. The third-order valence-electron chi connectivity index (χ3n) is 3.70. The van der Waals surface area contributed by atoms with E-state index in [0.29, 0.717) is 12.2 Å². The van der Waals surface area contributed by atoms with Gasteiger partial charge in [0.15, 0.2) is 5.82 Å². The Morgan fingerprint density at radius 3 is 2.71 bits per heavy atom. The van der Waals surface area contributed by atoms with Gasteiger partial charge in [-0.1, -0.05) is 6.92 Å². The highest BCUT2D eigenvalue weighted by atomic mass is 16.1. The van der Waals surface area contributed by atoms with Crippen molar-refractivity contribution in [3.05, 3.63) is 5.82 Å². The van der Waals surface area contributed by atoms with Gasteiger partial charge < -0.3 is 5.32 Å². The van der Waals surface area contributed by atoms with Crippen LogP contribution in [-0.4, -0.2) is 39.1 Å². The predicted octanol–water partition coefficient (Wildman–Crippen LogP) is 0.101. The minimum Gasteiger partial charge on any atom is -0.317 e. The molecular formula is C11H19N5O. The predicted molar refractivity (Wildman–Crippen MR) is 62.3 cm³/mol. The van der Waals surface area contributed by atoms with Gasteiger partial charge >= 0.3 is 0 Å². The molecule has 0 aliphatic carbocycles. The van der Waals surface area contributed by atoms with E-state index in [-0.39, 0.29) is 11.2 Å². The second kappa shape index (κ2) is 4.91. The highest BCUT2D eigenvalue weighted by molar-refractivity contribution is 5.86. The van der Waals surface area contributed by atoms with E-state index in [1.165, 1.54) is 4.80 Å². The summed E-state index contributed by atoms with van der Waals surface area (Å²) < 4.78 is 0. The fourth-order valence-electron chi connectivity index (χ4n) is 2.46. The van der Waals surface area contributed by atoms with Crippen LogP contribution in [0, 0.1) is 5.41 Å². The minimum absolute atomic E-state index is 0.176. The van der Waals surface area contributed by atoms with Crippen LogP contribution in [0.3, 0.4) is 0 Å². The zero-order chi connectivity index (χ0) is 12.3. The third kappa shape index (κ3) is 2.52. The van der Waals surface area contributed by atoms with Gasteiger partial charge in [-0.05, 0) is 37.6 Å². The van der Waals surface area contributed by atoms with E-state index < -0.39 is 0 Å². The Kier molecular flexibility index (Phi) is 3.51. The van der Waals surface area contributed by atoms with E-state index in [0.717, 1.165) is 32.4 Å². The average molecular weight is 237 g/mol. The molecule has 0 spiro atoms. The van der Waals surface area contributed by atoms with Gasteiger partial charge in [0.05, 0.1) is 13.5 Å². The van der Waals surface area contributed by atoms with E-state index in [4.69, 9.17) is 0 Å². The maximum absolute atomic E-state index is 12.4. The Balaban J connectivity index is 2.07. The average Bonchev–Trinajstić information content (AvgIpc) is 2.75. The largest absolute Gasteiger partial charge is 0.317 e. The monoisotopic (exact) mass is 237 g/mol. The SMILES string of the molecule is CCC1(C(=O)Cc2nnn(C)n2)CCNCC1. The van der Waals surface area contributed by atoms with Gasteiger partial charge in [0.25, 0.3) is 0 Å². The summed E-state index contributed by atoms with van der Waals surface area (Å²) in [5.74, 6) is 0.790. The van der Waals surface area contributed by atoms with Crippen LogP contribution in [0.1, 0.15) is 32.0 Å². The third-order valence-corrected chi connectivity index (χ3v) is 3.70. The smallest absolute Gasteiger partial charge is 0.182 e. The van der Waals surface area contributed by atoms with Gasteiger partial charge in [0.1, 0.15) is 5.78 Å². The Bertz CT molecular complexity index is 394. The number of tetrazole rings is 1. The van der Waals surface area contributed by atoms with Gasteiger partial charge in [-0.3, -0.25) is 4.79 Å². The quantitative estimate of drug-likeness (QED) is 0.804. The number of aryl methyl sites for hydroxylation is 1. The molecule has 0 saturated carbocycles. The van der Waals surface area contributed by atoms with Crippen molar-refractivity contribution < 1.29 is 4.79 Å². The highest BCUT2D eigenvalue weighted by Gasteiger charge is 2.37. The lowest BCUT2D eigenvalue weighted by Gasteiger charge is -2.35. The van der Waals surface area contributed by atoms with Crippen molar-refractivity contribution in [3.63, 3.8) is 0 Å². The molecule has 1 aliphatic rings. The molecule has 0 bridgehead atoms. The molecule has 1 aliphatic heterocycles. The van der Waals surface area contributed by atoms with Crippen LogP contribution in [0.15, 0.2) is 0 Å². The van der Waals surface area contributed by atoms with E-state index in [1.54, 1.807) is 7.05 Å². The van der Waals surface area contributed by atoms with Crippen molar-refractivity contribution in [1.82, 2.24) is 25.5 Å². The van der Waals surface area contributed by atoms with Crippen molar-refractivity contribution in [3.8, 4) is 0 Å². The van der Waals surface area contributed by atoms with Gasteiger partial charge in [-0.15, -0.1) is 10.2 Å². The molecule has 1 saturated heterocycles. The number of piperidine rings is 1. The van der Waals surface area contributed by atoms with Crippen LogP contribution in [0.5, 0.6) is 0 Å². The summed E-state index contributed by atoms with van der Waals surface area (Å²) in [6.07, 6.45) is 3.04. The molecule has 0 radical (unpaired) electrons. The first-order chi connectivity index (χ1) is 8.16. The number of hydrogen-bond acceptors (Lipinski definition) is 5. The summed E-state index contributed by atoms with van der Waals surface area (Å²) in [5.41, 5.74) is -0.176. The van der Waals surface area contributed by atoms with E-state index in [2.05, 4.69) is 27.7 Å². The maximum atomic E-state index is 12.4. The van der Waals surface area contributed by atoms with E-state index in [9.17, 15) is 4.79 Å². The van der Waals surface area contributed by atoms with Crippen molar-refractivity contribution in [2.24, 2.45) is 12.5 Å². The maximum Gasteiger partial charge on any atom is 0.182 e. The first kappa shape index (κ1) is 12.2. The Morgan fingerprint density at radius 2 is 2.18 bits per heavy atom. The molecule has 0 unspecified atom stereocenters. The van der Waals surface area contributed by atoms with Crippen LogP contribution < -0.4 is 5.32 Å². The van der Waals surface area contributed by atoms with Crippen molar-refractivity contribution in [2.45, 2.75) is 32.6 Å². The fourth-order valence-corrected chi connectivity index (χ4v) is 2.46. The number of Topliss-reactive ketones (excluding diaryl/α,β-unsaturated/α-hetero) is 1. The van der Waals surface area contributed by atoms with Crippen LogP contribution >= 0.6 is 0 Å². The zero-order valence-electron chi connectivity index (χ0n) is 10.4. The summed E-state index contributed by atoms with van der Waals surface area (Å²) in [6.45, 7) is 3.94. The van der Waals surface area contributed by atoms with Crippen molar-refractivity contribution in [1.29, 1.82) is 0 Å². The molecule has 0 amide bonds. The minimum atomic E-state index is -0.176. The summed E-state index contributed by atoms with van der Waals surface area (Å²) in [7, 11) is 1.71. The molecule has 1 aromatic rings. The first-order valence-electron chi connectivity index (χ1n) is 6.13. The second-order valence-corrected chi connectivity index (χ2v) is 4.68. The van der Waals surface area contributed by atoms with Crippen LogP contribution in [0.25, 0.3) is 0 Å². The van der Waals surface area contributed by atoms with Gasteiger partial charge in [0.2, 0.25) is 0 Å². The van der Waals surface area contributed by atoms with Gasteiger partial charge in [0, 0.05) is 5.41 Å². The lowest BCUT2D eigenvalue weighted by Crippen LogP contribution is -2.42. The molecular weight excluding hydrogens is 218 g/mol.